The van der Waals surface area contributed by atoms with Gasteiger partial charge in [-0.1, -0.05) is 6.07 Å². The molecule has 1 rings (SSSR count). The molecule has 1 N–H and O–H groups in total. The molecule has 0 fully saturated rings. The fourth-order valence-corrected chi connectivity index (χ4v) is 1.34. The summed E-state index contributed by atoms with van der Waals surface area (Å²) in [5.41, 5.74) is 0. The normalized spacial score (nSPS) is 12.6. The summed E-state index contributed by atoms with van der Waals surface area (Å²) in [6.45, 7) is 0. The van der Waals surface area contributed by atoms with Crippen molar-refractivity contribution in [3.63, 3.8) is 0 Å². The van der Waals surface area contributed by atoms with E-state index in [0.29, 0.717) is 11.0 Å². The Labute approximate surface area is 66.6 Å². The molecule has 1 unspecified atom stereocenters. The predicted molar refractivity (Wildman–Crippen MR) is 39.6 cm³/mol. The van der Waals surface area contributed by atoms with Crippen LogP contribution in [0.1, 0.15) is 11.0 Å². The van der Waals surface area contributed by atoms with Gasteiger partial charge in [0.25, 0.3) is 6.08 Å². The second-order valence-electron chi connectivity index (χ2n) is 1.92. The molecule has 1 nitrogen and oxygen atoms in total. The first-order valence-corrected chi connectivity index (χ1v) is 3.82. The van der Waals surface area contributed by atoms with Gasteiger partial charge in [0.2, 0.25) is 0 Å². The molecule has 1 aromatic heterocycles. The van der Waals surface area contributed by atoms with Gasteiger partial charge in [-0.25, -0.2) is 0 Å². The largest absolute Gasteiger partial charge is 0.383 e. The van der Waals surface area contributed by atoms with Crippen molar-refractivity contribution in [3.8, 4) is 0 Å². The molecular weight excluding hydrogens is 170 g/mol. The Kier molecular flexibility index (Phi) is 2.73. The average Bonchev–Trinajstić information content (AvgIpc) is 2.35. The fourth-order valence-electron chi connectivity index (χ4n) is 0.661. The highest BCUT2D eigenvalue weighted by Gasteiger charge is 2.05. The average molecular weight is 176 g/mol. The maximum Gasteiger partial charge on any atom is 0.269 e. The third-order valence-electron chi connectivity index (χ3n) is 1.12. The summed E-state index contributed by atoms with van der Waals surface area (Å²) in [5.74, 6) is 0. The Morgan fingerprint density at radius 1 is 1.64 bits per heavy atom. The summed E-state index contributed by atoms with van der Waals surface area (Å²) >= 11 is 1.25. The highest BCUT2D eigenvalue weighted by molar-refractivity contribution is 7.10. The van der Waals surface area contributed by atoms with Crippen molar-refractivity contribution in [1.82, 2.24) is 0 Å². The second-order valence-corrected chi connectivity index (χ2v) is 2.90. The van der Waals surface area contributed by atoms with Gasteiger partial charge in [0.05, 0.1) is 0 Å². The first-order valence-electron chi connectivity index (χ1n) is 2.94. The van der Waals surface area contributed by atoms with Crippen LogP contribution < -0.4 is 0 Å². The molecule has 1 atom stereocenters. The van der Waals surface area contributed by atoms with Crippen LogP contribution in [0.4, 0.5) is 8.78 Å². The van der Waals surface area contributed by atoms with Gasteiger partial charge in [-0.15, -0.1) is 11.3 Å². The molecule has 60 valence electrons. The first kappa shape index (κ1) is 8.36. The van der Waals surface area contributed by atoms with Gasteiger partial charge >= 0.3 is 0 Å². The van der Waals surface area contributed by atoms with E-state index in [1.165, 1.54) is 11.3 Å². The van der Waals surface area contributed by atoms with Gasteiger partial charge in [-0.3, -0.25) is 0 Å². The maximum atomic E-state index is 11.6. The standard InChI is InChI=1S/C7H6F2OS/c8-7(9)4-5(10)6-2-1-3-11-6/h1-5,10H. The molecule has 1 aromatic rings. The molecule has 0 bridgehead atoms. The van der Waals surface area contributed by atoms with Crippen LogP contribution in [0.25, 0.3) is 0 Å². The van der Waals surface area contributed by atoms with Crippen molar-refractivity contribution in [2.45, 2.75) is 6.10 Å². The molecule has 0 amide bonds. The van der Waals surface area contributed by atoms with Gasteiger partial charge < -0.3 is 5.11 Å². The van der Waals surface area contributed by atoms with Gasteiger partial charge in [0.1, 0.15) is 6.10 Å². The third kappa shape index (κ3) is 2.40. The smallest absolute Gasteiger partial charge is 0.269 e. The minimum Gasteiger partial charge on any atom is -0.383 e. The zero-order chi connectivity index (χ0) is 8.27. The number of hydrogen-bond acceptors (Lipinski definition) is 2. The quantitative estimate of drug-likeness (QED) is 0.734. The van der Waals surface area contributed by atoms with Crippen molar-refractivity contribution < 1.29 is 13.9 Å². The van der Waals surface area contributed by atoms with Gasteiger partial charge in [-0.2, -0.15) is 8.78 Å². The molecule has 0 aliphatic carbocycles. The van der Waals surface area contributed by atoms with E-state index in [2.05, 4.69) is 0 Å². The van der Waals surface area contributed by atoms with Crippen molar-refractivity contribution in [2.75, 3.05) is 0 Å². The predicted octanol–water partition coefficient (Wildman–Crippen LogP) is 2.56. The van der Waals surface area contributed by atoms with Gasteiger partial charge in [-0.05, 0) is 11.4 Å². The topological polar surface area (TPSA) is 20.2 Å². The summed E-state index contributed by atoms with van der Waals surface area (Å²) in [4.78, 5) is 0.526. The zero-order valence-corrected chi connectivity index (χ0v) is 6.31. The van der Waals surface area contributed by atoms with Crippen LogP contribution >= 0.6 is 11.3 Å². The molecule has 0 aliphatic rings. The number of hydrogen-bond donors (Lipinski definition) is 1. The molecule has 11 heavy (non-hydrogen) atoms. The highest BCUT2D eigenvalue weighted by atomic mass is 32.1. The fraction of sp³-hybridized carbons (Fsp3) is 0.143. The molecule has 4 heteroatoms. The monoisotopic (exact) mass is 176 g/mol. The van der Waals surface area contributed by atoms with Crippen molar-refractivity contribution in [1.29, 1.82) is 0 Å². The van der Waals surface area contributed by atoms with E-state index in [-0.39, 0.29) is 0 Å². The second kappa shape index (κ2) is 3.59. The number of thiophene rings is 1. The minimum absolute atomic E-state index is 0.520. The SMILES string of the molecule is OC(C=C(F)F)c1cccs1. The van der Waals surface area contributed by atoms with E-state index in [1.807, 2.05) is 0 Å². The van der Waals surface area contributed by atoms with Crippen LogP contribution in [0.5, 0.6) is 0 Å². The van der Waals surface area contributed by atoms with E-state index in [1.54, 1.807) is 17.5 Å². The molecule has 0 aliphatic heterocycles. The van der Waals surface area contributed by atoms with Crippen LogP contribution in [0, 0.1) is 0 Å². The molecule has 0 aromatic carbocycles. The summed E-state index contributed by atoms with van der Waals surface area (Å²) in [6, 6.07) is 3.31. The van der Waals surface area contributed by atoms with E-state index in [9.17, 15) is 8.78 Å². The van der Waals surface area contributed by atoms with Crippen LogP contribution in [0.15, 0.2) is 29.7 Å². The summed E-state index contributed by atoms with van der Waals surface area (Å²) in [6.07, 6.45) is -2.50. The molecule has 0 spiro atoms. The molecule has 0 saturated carbocycles. The Morgan fingerprint density at radius 3 is 2.82 bits per heavy atom. The highest BCUT2D eigenvalue weighted by Crippen LogP contribution is 2.21. The van der Waals surface area contributed by atoms with Crippen LogP contribution in [-0.4, -0.2) is 5.11 Å². The Bertz CT molecular complexity index is 239. The van der Waals surface area contributed by atoms with Gasteiger partial charge in [0, 0.05) is 11.0 Å². The lowest BCUT2D eigenvalue weighted by molar-refractivity contribution is 0.224. The lowest BCUT2D eigenvalue weighted by atomic mass is 10.3. The number of aliphatic hydroxyl groups excluding tert-OH is 1. The minimum atomic E-state index is -1.86. The number of aliphatic hydroxyl groups is 1. The zero-order valence-electron chi connectivity index (χ0n) is 5.50. The Balaban J connectivity index is 2.71. The summed E-state index contributed by atoms with van der Waals surface area (Å²) in [7, 11) is 0. The van der Waals surface area contributed by atoms with Crippen LogP contribution in [-0.2, 0) is 0 Å². The van der Waals surface area contributed by atoms with E-state index >= 15 is 0 Å². The molecular formula is C7H6F2OS. The lowest BCUT2D eigenvalue weighted by Gasteiger charge is -1.98. The maximum absolute atomic E-state index is 11.6. The van der Waals surface area contributed by atoms with E-state index in [0.717, 1.165) is 0 Å². The van der Waals surface area contributed by atoms with Crippen LogP contribution in [0.3, 0.4) is 0 Å². The van der Waals surface area contributed by atoms with Gasteiger partial charge in [0.15, 0.2) is 0 Å². The van der Waals surface area contributed by atoms with Crippen LogP contribution in [0.2, 0.25) is 0 Å². The first-order chi connectivity index (χ1) is 5.20. The van der Waals surface area contributed by atoms with Crippen molar-refractivity contribution in [3.05, 3.63) is 34.5 Å². The molecule has 0 radical (unpaired) electrons. The summed E-state index contributed by atoms with van der Waals surface area (Å²) < 4.78 is 23.2. The Hall–Kier alpha value is -0.740. The number of rotatable bonds is 2. The van der Waals surface area contributed by atoms with E-state index < -0.39 is 12.2 Å². The lowest BCUT2D eigenvalue weighted by Crippen LogP contribution is -1.88. The van der Waals surface area contributed by atoms with Crippen molar-refractivity contribution >= 4 is 11.3 Å². The van der Waals surface area contributed by atoms with Crippen molar-refractivity contribution in [2.24, 2.45) is 0 Å². The molecule has 0 saturated heterocycles. The number of halogens is 2. The Morgan fingerprint density at radius 2 is 2.36 bits per heavy atom. The molecule has 1 heterocycles. The third-order valence-corrected chi connectivity index (χ3v) is 2.06. The van der Waals surface area contributed by atoms with E-state index in [4.69, 9.17) is 5.11 Å². The summed E-state index contributed by atoms with van der Waals surface area (Å²) in [5, 5.41) is 10.8.